The summed E-state index contributed by atoms with van der Waals surface area (Å²) in [7, 11) is 1.56. The van der Waals surface area contributed by atoms with Crippen molar-refractivity contribution in [3.8, 4) is 0 Å². The van der Waals surface area contributed by atoms with Gasteiger partial charge >= 0.3 is 0 Å². The maximum absolute atomic E-state index is 12.0. The van der Waals surface area contributed by atoms with Crippen molar-refractivity contribution < 1.29 is 14.8 Å². The largest absolute Gasteiger partial charge is 0.389 e. The van der Waals surface area contributed by atoms with E-state index >= 15 is 0 Å². The minimum atomic E-state index is -0.993. The molecule has 0 fully saturated rings. The van der Waals surface area contributed by atoms with Gasteiger partial charge in [-0.3, -0.25) is 14.9 Å². The summed E-state index contributed by atoms with van der Waals surface area (Å²) in [4.78, 5) is 23.7. The smallest absolute Gasteiger partial charge is 0.273 e. The summed E-state index contributed by atoms with van der Waals surface area (Å²) in [6, 6.07) is 6.16. The Bertz CT molecular complexity index is 480. The number of nitrogens with zero attached hydrogens (tertiary/aromatic N) is 2. The molecule has 1 rings (SSSR count). The van der Waals surface area contributed by atoms with Crippen molar-refractivity contribution in [2.45, 2.75) is 25.9 Å². The topological polar surface area (TPSA) is 83.7 Å². The lowest BCUT2D eigenvalue weighted by atomic mass is 10.1. The van der Waals surface area contributed by atoms with E-state index in [4.69, 9.17) is 0 Å². The lowest BCUT2D eigenvalue weighted by Gasteiger charge is -2.25. The summed E-state index contributed by atoms with van der Waals surface area (Å²) in [5.74, 6) is -0.267. The molecule has 1 N–H and O–H groups in total. The van der Waals surface area contributed by atoms with Crippen LogP contribution in [-0.4, -0.2) is 40.0 Å². The van der Waals surface area contributed by atoms with Crippen LogP contribution < -0.4 is 0 Å². The van der Waals surface area contributed by atoms with Gasteiger partial charge in [-0.05, 0) is 13.8 Å². The highest BCUT2D eigenvalue weighted by atomic mass is 16.6. The van der Waals surface area contributed by atoms with Crippen molar-refractivity contribution in [2.24, 2.45) is 0 Å². The number of hydrogen-bond acceptors (Lipinski definition) is 4. The van der Waals surface area contributed by atoms with Gasteiger partial charge in [0.15, 0.2) is 0 Å². The Labute approximate surface area is 111 Å². The number of benzene rings is 1. The number of amides is 1. The predicted octanol–water partition coefficient (Wildman–Crippen LogP) is 1.37. The third-order valence-corrected chi connectivity index (χ3v) is 2.58. The second-order valence-corrected chi connectivity index (χ2v) is 5.12. The summed E-state index contributed by atoms with van der Waals surface area (Å²) in [5, 5.41) is 20.5. The Morgan fingerprint density at radius 2 is 2.00 bits per heavy atom. The van der Waals surface area contributed by atoms with Gasteiger partial charge in [0.25, 0.3) is 5.69 Å². The monoisotopic (exact) mass is 266 g/mol. The fourth-order valence-electron chi connectivity index (χ4n) is 1.80. The molecule has 0 saturated heterocycles. The molecule has 1 aromatic rings. The molecule has 6 nitrogen and oxygen atoms in total. The molecular weight excluding hydrogens is 248 g/mol. The molecule has 0 aliphatic heterocycles. The van der Waals surface area contributed by atoms with Crippen LogP contribution in [0, 0.1) is 10.1 Å². The molecule has 0 unspecified atom stereocenters. The molecule has 0 spiro atoms. The number of carbonyl (C=O) groups is 1. The molecule has 0 saturated carbocycles. The third kappa shape index (κ3) is 4.67. The average molecular weight is 266 g/mol. The van der Waals surface area contributed by atoms with Gasteiger partial charge < -0.3 is 10.0 Å². The van der Waals surface area contributed by atoms with Crippen molar-refractivity contribution in [1.82, 2.24) is 4.90 Å². The Morgan fingerprint density at radius 1 is 1.42 bits per heavy atom. The van der Waals surface area contributed by atoms with E-state index in [1.165, 1.54) is 11.0 Å². The van der Waals surface area contributed by atoms with Crippen LogP contribution in [0.3, 0.4) is 0 Å². The van der Waals surface area contributed by atoms with Gasteiger partial charge in [-0.2, -0.15) is 0 Å². The number of likely N-dealkylation sites (N-methyl/N-ethyl adjacent to an activating group) is 1. The second-order valence-electron chi connectivity index (χ2n) is 5.12. The number of nitro benzene ring substituents is 1. The maximum Gasteiger partial charge on any atom is 0.273 e. The van der Waals surface area contributed by atoms with Crippen LogP contribution in [-0.2, 0) is 11.2 Å². The molecule has 0 heterocycles. The molecule has 0 aromatic heterocycles. The molecule has 104 valence electrons. The van der Waals surface area contributed by atoms with E-state index in [2.05, 4.69) is 0 Å². The van der Waals surface area contributed by atoms with Crippen molar-refractivity contribution in [2.75, 3.05) is 13.6 Å². The number of hydrogen-bond donors (Lipinski definition) is 1. The molecule has 1 aromatic carbocycles. The summed E-state index contributed by atoms with van der Waals surface area (Å²) in [5.41, 5.74) is -0.680. The summed E-state index contributed by atoms with van der Waals surface area (Å²) in [6.45, 7) is 3.37. The Hall–Kier alpha value is -1.95. The predicted molar refractivity (Wildman–Crippen MR) is 70.7 cm³/mol. The molecule has 0 bridgehead atoms. The van der Waals surface area contributed by atoms with Gasteiger partial charge in [-0.1, -0.05) is 18.2 Å². The van der Waals surface area contributed by atoms with Crippen LogP contribution in [0.4, 0.5) is 5.69 Å². The van der Waals surface area contributed by atoms with Gasteiger partial charge in [-0.15, -0.1) is 0 Å². The van der Waals surface area contributed by atoms with Gasteiger partial charge in [0.2, 0.25) is 5.91 Å². The number of nitro groups is 1. The SMILES string of the molecule is CN(CC(C)(C)O)C(=O)Cc1ccccc1[N+](=O)[O-]. The molecule has 0 radical (unpaired) electrons. The Balaban J connectivity index is 2.80. The zero-order valence-corrected chi connectivity index (χ0v) is 11.3. The maximum atomic E-state index is 12.0. The summed E-state index contributed by atoms with van der Waals surface area (Å²) < 4.78 is 0. The van der Waals surface area contributed by atoms with Crippen LogP contribution in [0.5, 0.6) is 0 Å². The highest BCUT2D eigenvalue weighted by Crippen LogP contribution is 2.19. The molecule has 1 amide bonds. The minimum absolute atomic E-state index is 0.0519. The molecule has 0 aliphatic carbocycles. The lowest BCUT2D eigenvalue weighted by Crippen LogP contribution is -2.40. The minimum Gasteiger partial charge on any atom is -0.389 e. The number of carbonyl (C=O) groups excluding carboxylic acids is 1. The van der Waals surface area contributed by atoms with E-state index in [-0.39, 0.29) is 24.6 Å². The number of aliphatic hydroxyl groups is 1. The molecule has 0 atom stereocenters. The summed E-state index contributed by atoms with van der Waals surface area (Å²) >= 11 is 0. The van der Waals surface area contributed by atoms with E-state index in [0.717, 1.165) is 0 Å². The van der Waals surface area contributed by atoms with Crippen LogP contribution in [0.1, 0.15) is 19.4 Å². The second kappa shape index (κ2) is 5.79. The van der Waals surface area contributed by atoms with Gasteiger partial charge in [0.1, 0.15) is 0 Å². The fourth-order valence-corrected chi connectivity index (χ4v) is 1.80. The highest BCUT2D eigenvalue weighted by molar-refractivity contribution is 5.79. The number of rotatable bonds is 5. The molecule has 6 heteroatoms. The first-order valence-corrected chi connectivity index (χ1v) is 5.89. The third-order valence-electron chi connectivity index (χ3n) is 2.58. The van der Waals surface area contributed by atoms with Gasteiger partial charge in [-0.25, -0.2) is 0 Å². The summed E-state index contributed by atoms with van der Waals surface area (Å²) in [6.07, 6.45) is -0.0519. The first kappa shape index (κ1) is 15.1. The normalized spacial score (nSPS) is 11.2. The number of para-hydroxylation sites is 1. The molecule has 0 aliphatic rings. The fraction of sp³-hybridized carbons (Fsp3) is 0.462. The van der Waals surface area contributed by atoms with Crippen LogP contribution >= 0.6 is 0 Å². The van der Waals surface area contributed by atoms with E-state index in [1.807, 2.05) is 0 Å². The first-order chi connectivity index (χ1) is 8.70. The van der Waals surface area contributed by atoms with Crippen molar-refractivity contribution in [1.29, 1.82) is 0 Å². The van der Waals surface area contributed by atoms with Crippen LogP contribution in [0.25, 0.3) is 0 Å². The van der Waals surface area contributed by atoms with Gasteiger partial charge in [0, 0.05) is 25.2 Å². The quantitative estimate of drug-likeness (QED) is 0.644. The average Bonchev–Trinajstić information content (AvgIpc) is 2.27. The highest BCUT2D eigenvalue weighted by Gasteiger charge is 2.22. The standard InChI is InChI=1S/C13H18N2O4/c1-13(2,17)9-14(3)12(16)8-10-6-4-5-7-11(10)15(18)19/h4-7,17H,8-9H2,1-3H3. The van der Waals surface area contributed by atoms with Gasteiger partial charge in [0.05, 0.1) is 16.9 Å². The van der Waals surface area contributed by atoms with Crippen molar-refractivity contribution >= 4 is 11.6 Å². The van der Waals surface area contributed by atoms with E-state index in [0.29, 0.717) is 5.56 Å². The lowest BCUT2D eigenvalue weighted by molar-refractivity contribution is -0.385. The van der Waals surface area contributed by atoms with E-state index in [1.54, 1.807) is 39.1 Å². The molecular formula is C13H18N2O4. The first-order valence-electron chi connectivity index (χ1n) is 5.89. The van der Waals surface area contributed by atoms with Crippen molar-refractivity contribution in [3.63, 3.8) is 0 Å². The molecule has 19 heavy (non-hydrogen) atoms. The Morgan fingerprint density at radius 3 is 2.53 bits per heavy atom. The van der Waals surface area contributed by atoms with Crippen molar-refractivity contribution in [3.05, 3.63) is 39.9 Å². The van der Waals surface area contributed by atoms with E-state index < -0.39 is 10.5 Å². The zero-order chi connectivity index (χ0) is 14.6. The Kier molecular flexibility index (Phi) is 4.61. The zero-order valence-electron chi connectivity index (χ0n) is 11.3. The van der Waals surface area contributed by atoms with Crippen LogP contribution in [0.15, 0.2) is 24.3 Å². The van der Waals surface area contributed by atoms with E-state index in [9.17, 15) is 20.0 Å². The van der Waals surface area contributed by atoms with Crippen LogP contribution in [0.2, 0.25) is 0 Å².